The summed E-state index contributed by atoms with van der Waals surface area (Å²) in [4.78, 5) is 18.7. The maximum absolute atomic E-state index is 12.1. The van der Waals surface area contributed by atoms with Crippen LogP contribution in [0.5, 0.6) is 5.88 Å². The lowest BCUT2D eigenvalue weighted by Gasteiger charge is -2.28. The third-order valence-corrected chi connectivity index (χ3v) is 8.48. The first-order valence-corrected chi connectivity index (χ1v) is 14.7. The van der Waals surface area contributed by atoms with E-state index in [0.717, 1.165) is 53.9 Å². The number of carbonyl (C=O) groups is 1. The molecule has 0 radical (unpaired) electrons. The lowest BCUT2D eigenvalue weighted by atomic mass is 9.81. The van der Waals surface area contributed by atoms with Crippen LogP contribution in [0.15, 0.2) is 58.9 Å². The van der Waals surface area contributed by atoms with E-state index >= 15 is 0 Å². The maximum atomic E-state index is 12.1. The summed E-state index contributed by atoms with van der Waals surface area (Å²) in [5.74, 6) is -0.130. The van der Waals surface area contributed by atoms with E-state index in [4.69, 9.17) is 4.74 Å². The molecule has 0 aliphatic carbocycles. The van der Waals surface area contributed by atoms with Gasteiger partial charge in [0.2, 0.25) is 5.88 Å². The average Bonchev–Trinajstić information content (AvgIpc) is 2.94. The fourth-order valence-corrected chi connectivity index (χ4v) is 5.85. The molecule has 0 bridgehead atoms. The third-order valence-electron chi connectivity index (χ3n) is 8.48. The molecule has 4 unspecified atom stereocenters. The molecule has 0 fully saturated rings. The number of ether oxygens (including phenoxy) is 1. The summed E-state index contributed by atoms with van der Waals surface area (Å²) >= 11 is 0. The van der Waals surface area contributed by atoms with Crippen LogP contribution in [0.1, 0.15) is 90.8 Å². The van der Waals surface area contributed by atoms with Crippen molar-refractivity contribution < 1.29 is 14.6 Å². The molecule has 1 N–H and O–H groups in total. The Balaban J connectivity index is 1.59. The summed E-state index contributed by atoms with van der Waals surface area (Å²) in [5, 5.41) is 19.1. The Bertz CT molecular complexity index is 1400. The van der Waals surface area contributed by atoms with E-state index in [0.29, 0.717) is 5.88 Å². The molecule has 1 aliphatic rings. The number of aryl methyl sites for hydroxylation is 2. The number of aromatic nitrogens is 1. The van der Waals surface area contributed by atoms with Gasteiger partial charge in [0.15, 0.2) is 0 Å². The van der Waals surface area contributed by atoms with Gasteiger partial charge in [-0.3, -0.25) is 9.69 Å². The molecule has 218 valence electrons. The number of fused-ring (bicyclic) bond motifs is 1. The summed E-state index contributed by atoms with van der Waals surface area (Å²) in [6.07, 6.45) is 3.60. The molecule has 0 saturated heterocycles. The van der Waals surface area contributed by atoms with Crippen LogP contribution in [0.4, 0.5) is 5.69 Å². The molecule has 1 aromatic heterocycles. The summed E-state index contributed by atoms with van der Waals surface area (Å²) in [7, 11) is 2.10. The van der Waals surface area contributed by atoms with Crippen molar-refractivity contribution in [3.8, 4) is 5.88 Å². The van der Waals surface area contributed by atoms with Crippen molar-refractivity contribution in [3.63, 3.8) is 0 Å². The maximum Gasteiger partial charge on any atom is 0.304 e. The molecule has 2 heterocycles. The quantitative estimate of drug-likeness (QED) is 0.245. The zero-order chi connectivity index (χ0) is 29.7. The first-order chi connectivity index (χ1) is 19.6. The molecule has 41 heavy (non-hydrogen) atoms. The van der Waals surface area contributed by atoms with Gasteiger partial charge < -0.3 is 9.84 Å². The number of carboxylic acid groups (broad SMARTS) is 1. The first-order valence-electron chi connectivity index (χ1n) is 14.7. The van der Waals surface area contributed by atoms with Crippen LogP contribution in [0.3, 0.4) is 0 Å². The van der Waals surface area contributed by atoms with Crippen molar-refractivity contribution >= 4 is 11.7 Å². The van der Waals surface area contributed by atoms with Crippen molar-refractivity contribution in [2.24, 2.45) is 10.2 Å². The lowest BCUT2D eigenvalue weighted by molar-refractivity contribution is -0.137. The largest absolute Gasteiger partial charge is 0.481 e. The Hall–Kier alpha value is -3.58. The Morgan fingerprint density at radius 3 is 2.56 bits per heavy atom. The van der Waals surface area contributed by atoms with Crippen LogP contribution < -0.4 is 4.74 Å². The van der Waals surface area contributed by atoms with E-state index in [1.165, 1.54) is 16.7 Å². The Morgan fingerprint density at radius 1 is 1.10 bits per heavy atom. The van der Waals surface area contributed by atoms with E-state index in [1.807, 2.05) is 19.1 Å². The normalized spacial score (nSPS) is 17.8. The van der Waals surface area contributed by atoms with Crippen molar-refractivity contribution in [1.82, 2.24) is 9.88 Å². The van der Waals surface area contributed by atoms with Crippen LogP contribution in [-0.2, 0) is 11.3 Å². The van der Waals surface area contributed by atoms with E-state index in [2.05, 4.69) is 92.1 Å². The molecule has 4 rings (SSSR count). The predicted molar refractivity (Wildman–Crippen MR) is 163 cm³/mol. The third kappa shape index (κ3) is 7.02. The van der Waals surface area contributed by atoms with Gasteiger partial charge >= 0.3 is 5.97 Å². The number of benzene rings is 2. The second-order valence-corrected chi connectivity index (χ2v) is 11.5. The van der Waals surface area contributed by atoms with Gasteiger partial charge in [-0.05, 0) is 80.1 Å². The number of azo groups is 1. The summed E-state index contributed by atoms with van der Waals surface area (Å²) in [6.45, 7) is 14.1. The van der Waals surface area contributed by atoms with Crippen LogP contribution in [0, 0.1) is 20.8 Å². The van der Waals surface area contributed by atoms with Crippen LogP contribution in [0.2, 0.25) is 0 Å². The van der Waals surface area contributed by atoms with Gasteiger partial charge in [-0.2, -0.15) is 10.2 Å². The van der Waals surface area contributed by atoms with E-state index in [1.54, 1.807) is 6.20 Å². The number of likely N-dealkylation sites (N-methyl/N-ethyl adjacent to an activating group) is 1. The van der Waals surface area contributed by atoms with Crippen LogP contribution >= 0.6 is 0 Å². The number of hydrogen-bond donors (Lipinski definition) is 1. The molecule has 3 aromatic rings. The van der Waals surface area contributed by atoms with Gasteiger partial charge in [0.05, 0.1) is 18.2 Å². The van der Waals surface area contributed by atoms with Gasteiger partial charge in [-0.25, -0.2) is 4.98 Å². The molecule has 4 atom stereocenters. The average molecular weight is 557 g/mol. The van der Waals surface area contributed by atoms with Crippen molar-refractivity contribution in [3.05, 3.63) is 87.6 Å². The fraction of sp³-hybridized carbons (Fsp3) is 0.471. The van der Waals surface area contributed by atoms with Gasteiger partial charge in [0.25, 0.3) is 0 Å². The van der Waals surface area contributed by atoms with E-state index in [-0.39, 0.29) is 30.4 Å². The topological polar surface area (TPSA) is 87.4 Å². The zero-order valence-electron chi connectivity index (χ0n) is 25.5. The molecule has 2 aromatic carbocycles. The number of rotatable bonds is 12. The first kappa shape index (κ1) is 30.4. The molecular formula is C34H44N4O3. The molecule has 7 heteroatoms. The number of aliphatic carboxylic acids is 1. The zero-order valence-corrected chi connectivity index (χ0v) is 25.5. The highest BCUT2D eigenvalue weighted by Gasteiger charge is 2.28. The lowest BCUT2D eigenvalue weighted by Crippen LogP contribution is -2.33. The van der Waals surface area contributed by atoms with Crippen molar-refractivity contribution in [1.29, 1.82) is 0 Å². The van der Waals surface area contributed by atoms with Crippen molar-refractivity contribution in [2.45, 2.75) is 91.3 Å². The van der Waals surface area contributed by atoms with Gasteiger partial charge in [-0.1, -0.05) is 57.2 Å². The Labute approximate surface area is 244 Å². The standard InChI is InChI=1S/C34H44N4O3/c1-8-27(41-34-22(4)11-10-16-35-34)20-38(7)19-26-17-25(13-12-21(26)3)30(18-32(39)40)28-14-15-29-23(5)31(9-2)36-37-33(29)24(28)6/h10-17,23,27,30-31H,8-9,18-20H2,1-7H3,(H,39,40). The minimum atomic E-state index is -0.819. The molecule has 0 saturated carbocycles. The summed E-state index contributed by atoms with van der Waals surface area (Å²) < 4.78 is 6.24. The molecule has 0 amide bonds. The Kier molecular flexibility index (Phi) is 9.92. The highest BCUT2D eigenvalue weighted by atomic mass is 16.5. The summed E-state index contributed by atoms with van der Waals surface area (Å²) in [6, 6.07) is 14.7. The highest BCUT2D eigenvalue weighted by Crippen LogP contribution is 2.43. The van der Waals surface area contributed by atoms with Gasteiger partial charge in [-0.15, -0.1) is 0 Å². The second kappa shape index (κ2) is 13.4. The van der Waals surface area contributed by atoms with E-state index < -0.39 is 5.97 Å². The summed E-state index contributed by atoms with van der Waals surface area (Å²) in [5.41, 5.74) is 8.51. The molecule has 1 aliphatic heterocycles. The predicted octanol–water partition coefficient (Wildman–Crippen LogP) is 7.88. The van der Waals surface area contributed by atoms with Gasteiger partial charge in [0.1, 0.15) is 6.10 Å². The number of hydrogen-bond acceptors (Lipinski definition) is 6. The molecular weight excluding hydrogens is 512 g/mol. The van der Waals surface area contributed by atoms with Crippen LogP contribution in [0.25, 0.3) is 0 Å². The SMILES string of the molecule is CCC(CN(C)Cc1cc(C(CC(=O)O)c2ccc3c(c2C)N=NC(CC)C3C)ccc1C)Oc1ncccc1C. The molecule has 7 nitrogen and oxygen atoms in total. The fourth-order valence-electron chi connectivity index (χ4n) is 5.85. The number of carboxylic acids is 1. The minimum Gasteiger partial charge on any atom is -0.481 e. The van der Waals surface area contributed by atoms with Crippen molar-refractivity contribution in [2.75, 3.05) is 13.6 Å². The molecule has 0 spiro atoms. The number of nitrogens with zero attached hydrogens (tertiary/aromatic N) is 4. The second-order valence-electron chi connectivity index (χ2n) is 11.5. The van der Waals surface area contributed by atoms with Crippen LogP contribution in [-0.4, -0.2) is 46.7 Å². The Morgan fingerprint density at radius 2 is 1.88 bits per heavy atom. The highest BCUT2D eigenvalue weighted by molar-refractivity contribution is 5.70. The smallest absolute Gasteiger partial charge is 0.304 e. The monoisotopic (exact) mass is 556 g/mol. The minimum absolute atomic E-state index is 0.0113. The van der Waals surface area contributed by atoms with E-state index in [9.17, 15) is 9.90 Å². The van der Waals surface area contributed by atoms with Gasteiger partial charge in [0, 0.05) is 36.7 Å². The number of pyridine rings is 1.